The van der Waals surface area contributed by atoms with Gasteiger partial charge in [-0.2, -0.15) is 0 Å². The Morgan fingerprint density at radius 3 is 2.76 bits per heavy atom. The molecule has 0 saturated carbocycles. The molecular formula is C16H21IN4. The molecule has 21 heavy (non-hydrogen) atoms. The number of benzene rings is 1. The minimum atomic E-state index is 0. The molecule has 1 aromatic heterocycles. The lowest BCUT2D eigenvalue weighted by molar-refractivity contribution is 0.493. The summed E-state index contributed by atoms with van der Waals surface area (Å²) < 4.78 is 0. The van der Waals surface area contributed by atoms with E-state index in [1.165, 1.54) is 23.8 Å². The van der Waals surface area contributed by atoms with Crippen LogP contribution >= 0.6 is 24.0 Å². The summed E-state index contributed by atoms with van der Waals surface area (Å²) in [5, 5.41) is 4.64. The lowest BCUT2D eigenvalue weighted by Gasteiger charge is -2.21. The van der Waals surface area contributed by atoms with Gasteiger partial charge in [0.25, 0.3) is 0 Å². The Labute approximate surface area is 142 Å². The van der Waals surface area contributed by atoms with E-state index in [9.17, 15) is 0 Å². The Morgan fingerprint density at radius 1 is 1.24 bits per heavy atom. The van der Waals surface area contributed by atoms with E-state index in [4.69, 9.17) is 0 Å². The van der Waals surface area contributed by atoms with E-state index < -0.39 is 0 Å². The highest BCUT2D eigenvalue weighted by Crippen LogP contribution is 2.16. The van der Waals surface area contributed by atoms with Crippen LogP contribution in [0.5, 0.6) is 0 Å². The Hall–Kier alpha value is -1.37. The van der Waals surface area contributed by atoms with Crippen molar-refractivity contribution < 1.29 is 0 Å². The Kier molecular flexibility index (Phi) is 5.78. The van der Waals surface area contributed by atoms with Gasteiger partial charge in [0.15, 0.2) is 5.96 Å². The lowest BCUT2D eigenvalue weighted by atomic mass is 10.1. The Bertz CT molecular complexity index is 615. The summed E-state index contributed by atoms with van der Waals surface area (Å²) in [5.41, 5.74) is 2.28. The molecular weight excluding hydrogens is 375 g/mol. The number of fused-ring (bicyclic) bond motifs is 1. The van der Waals surface area contributed by atoms with Crippen LogP contribution in [0.3, 0.4) is 0 Å². The third kappa shape index (κ3) is 3.64. The zero-order valence-electron chi connectivity index (χ0n) is 12.2. The van der Waals surface area contributed by atoms with Gasteiger partial charge in [0.05, 0.1) is 5.52 Å². The van der Waals surface area contributed by atoms with Crippen molar-refractivity contribution in [2.75, 3.05) is 20.1 Å². The van der Waals surface area contributed by atoms with Gasteiger partial charge in [0.1, 0.15) is 0 Å². The molecule has 3 rings (SSSR count). The number of hydrogen-bond acceptors (Lipinski definition) is 2. The van der Waals surface area contributed by atoms with Gasteiger partial charge in [0.2, 0.25) is 0 Å². The number of guanidine groups is 1. The molecule has 1 fully saturated rings. The standard InChI is InChI=1S/C16H20N4.HI/c1-17-16(20-10-2-3-11-20)19-12-14-7-4-6-13-8-5-9-18-15(13)14;/h4-9H,2-3,10-12H2,1H3,(H,17,19);1H. The molecule has 1 N–H and O–H groups in total. The van der Waals surface area contributed by atoms with Gasteiger partial charge in [-0.05, 0) is 24.5 Å². The smallest absolute Gasteiger partial charge is 0.193 e. The summed E-state index contributed by atoms with van der Waals surface area (Å²) in [7, 11) is 1.85. The van der Waals surface area contributed by atoms with Crippen molar-refractivity contribution in [3.63, 3.8) is 0 Å². The minimum absolute atomic E-state index is 0. The van der Waals surface area contributed by atoms with Crippen LogP contribution in [-0.4, -0.2) is 36.0 Å². The molecule has 1 saturated heterocycles. The Morgan fingerprint density at radius 2 is 2.00 bits per heavy atom. The average Bonchev–Trinajstić information content (AvgIpc) is 3.02. The van der Waals surface area contributed by atoms with Crippen LogP contribution in [0, 0.1) is 0 Å². The van der Waals surface area contributed by atoms with Crippen molar-refractivity contribution in [2.24, 2.45) is 4.99 Å². The van der Waals surface area contributed by atoms with E-state index in [0.29, 0.717) is 0 Å². The topological polar surface area (TPSA) is 40.5 Å². The molecule has 1 aliphatic rings. The second-order valence-electron chi connectivity index (χ2n) is 5.09. The molecule has 1 aromatic carbocycles. The normalized spacial score (nSPS) is 15.1. The maximum absolute atomic E-state index is 4.49. The van der Waals surface area contributed by atoms with Gasteiger partial charge in [-0.25, -0.2) is 0 Å². The van der Waals surface area contributed by atoms with E-state index >= 15 is 0 Å². The summed E-state index contributed by atoms with van der Waals surface area (Å²) in [4.78, 5) is 11.2. The molecule has 2 heterocycles. The second-order valence-corrected chi connectivity index (χ2v) is 5.09. The molecule has 0 aliphatic carbocycles. The first-order valence-corrected chi connectivity index (χ1v) is 7.17. The lowest BCUT2D eigenvalue weighted by Crippen LogP contribution is -2.39. The highest BCUT2D eigenvalue weighted by molar-refractivity contribution is 14.0. The third-order valence-corrected chi connectivity index (χ3v) is 3.77. The molecule has 0 amide bonds. The summed E-state index contributed by atoms with van der Waals surface area (Å²) in [6, 6.07) is 10.4. The van der Waals surface area contributed by atoms with Crippen LogP contribution in [0.2, 0.25) is 0 Å². The van der Waals surface area contributed by atoms with Crippen molar-refractivity contribution in [1.82, 2.24) is 15.2 Å². The molecule has 0 atom stereocenters. The van der Waals surface area contributed by atoms with Crippen molar-refractivity contribution >= 4 is 40.8 Å². The van der Waals surface area contributed by atoms with Crippen LogP contribution < -0.4 is 5.32 Å². The van der Waals surface area contributed by atoms with Gasteiger partial charge in [0, 0.05) is 38.3 Å². The van der Waals surface area contributed by atoms with Crippen LogP contribution in [-0.2, 0) is 6.54 Å². The maximum Gasteiger partial charge on any atom is 0.193 e. The van der Waals surface area contributed by atoms with Crippen LogP contribution in [0.25, 0.3) is 10.9 Å². The number of hydrogen-bond donors (Lipinski definition) is 1. The second kappa shape index (κ2) is 7.59. The van der Waals surface area contributed by atoms with Gasteiger partial charge < -0.3 is 10.2 Å². The fraction of sp³-hybridized carbons (Fsp3) is 0.375. The van der Waals surface area contributed by atoms with Crippen molar-refractivity contribution in [3.8, 4) is 0 Å². The van der Waals surface area contributed by atoms with Gasteiger partial charge in [-0.15, -0.1) is 24.0 Å². The molecule has 0 radical (unpaired) electrons. The fourth-order valence-corrected chi connectivity index (χ4v) is 2.75. The number of para-hydroxylation sites is 1. The SMILES string of the molecule is CN=C(NCc1cccc2cccnc12)N1CCCC1.I. The fourth-order valence-electron chi connectivity index (χ4n) is 2.75. The minimum Gasteiger partial charge on any atom is -0.352 e. The van der Waals surface area contributed by atoms with E-state index in [0.717, 1.165) is 31.1 Å². The molecule has 0 bridgehead atoms. The third-order valence-electron chi connectivity index (χ3n) is 3.77. The number of nitrogens with zero attached hydrogens (tertiary/aromatic N) is 3. The molecule has 2 aromatic rings. The number of halogens is 1. The van der Waals surface area contributed by atoms with E-state index in [1.54, 1.807) is 0 Å². The summed E-state index contributed by atoms with van der Waals surface area (Å²) >= 11 is 0. The molecule has 112 valence electrons. The zero-order chi connectivity index (χ0) is 13.8. The average molecular weight is 396 g/mol. The predicted molar refractivity (Wildman–Crippen MR) is 98.2 cm³/mol. The van der Waals surface area contributed by atoms with Gasteiger partial charge in [-0.1, -0.05) is 24.3 Å². The summed E-state index contributed by atoms with van der Waals surface area (Å²) in [5.74, 6) is 0.996. The first-order valence-electron chi connectivity index (χ1n) is 7.17. The summed E-state index contributed by atoms with van der Waals surface area (Å²) in [6.45, 7) is 2.97. The van der Waals surface area contributed by atoms with E-state index in [1.807, 2.05) is 19.3 Å². The zero-order valence-corrected chi connectivity index (χ0v) is 14.6. The van der Waals surface area contributed by atoms with Crippen LogP contribution in [0.4, 0.5) is 0 Å². The highest BCUT2D eigenvalue weighted by Gasteiger charge is 2.15. The van der Waals surface area contributed by atoms with Crippen molar-refractivity contribution in [2.45, 2.75) is 19.4 Å². The van der Waals surface area contributed by atoms with Crippen molar-refractivity contribution in [3.05, 3.63) is 42.1 Å². The number of nitrogens with one attached hydrogen (secondary N) is 1. The monoisotopic (exact) mass is 396 g/mol. The molecule has 1 aliphatic heterocycles. The summed E-state index contributed by atoms with van der Waals surface area (Å²) in [6.07, 6.45) is 4.37. The Balaban J connectivity index is 0.00000161. The van der Waals surface area contributed by atoms with E-state index in [2.05, 4.69) is 44.5 Å². The quantitative estimate of drug-likeness (QED) is 0.482. The largest absolute Gasteiger partial charge is 0.352 e. The predicted octanol–water partition coefficient (Wildman–Crippen LogP) is 3.02. The molecule has 0 spiro atoms. The first-order chi connectivity index (χ1) is 9.88. The number of aliphatic imine (C=N–C) groups is 1. The van der Waals surface area contributed by atoms with E-state index in [-0.39, 0.29) is 24.0 Å². The van der Waals surface area contributed by atoms with Gasteiger partial charge >= 0.3 is 0 Å². The number of pyridine rings is 1. The highest BCUT2D eigenvalue weighted by atomic mass is 127. The number of likely N-dealkylation sites (tertiary alicyclic amines) is 1. The molecule has 4 nitrogen and oxygen atoms in total. The number of aromatic nitrogens is 1. The van der Waals surface area contributed by atoms with Crippen LogP contribution in [0.1, 0.15) is 18.4 Å². The van der Waals surface area contributed by atoms with Crippen molar-refractivity contribution in [1.29, 1.82) is 0 Å². The maximum atomic E-state index is 4.49. The molecule has 5 heteroatoms. The van der Waals surface area contributed by atoms with Crippen LogP contribution in [0.15, 0.2) is 41.5 Å². The molecule has 0 unspecified atom stereocenters. The number of rotatable bonds is 2. The van der Waals surface area contributed by atoms with Gasteiger partial charge in [-0.3, -0.25) is 9.98 Å². The first kappa shape index (κ1) is 16.0.